The van der Waals surface area contributed by atoms with E-state index in [9.17, 15) is 4.79 Å². The summed E-state index contributed by atoms with van der Waals surface area (Å²) in [6.45, 7) is 4.24. The topological polar surface area (TPSA) is 34.9 Å². The number of rotatable bonds is 4. The molecule has 2 rings (SSSR count). The Morgan fingerprint density at radius 2 is 2.32 bits per heavy atom. The van der Waals surface area contributed by atoms with Crippen LogP contribution >= 0.6 is 11.6 Å². The standard InChI is InChI=1S/C15H21ClN2O/c1-4-12-15(16)13(18(3)17-12)9-14(19)11-7-5-10(2)6-8-11/h7,10H,4-6,8-9H2,1-3H3. The van der Waals surface area contributed by atoms with Crippen molar-refractivity contribution in [3.8, 4) is 0 Å². The van der Waals surface area contributed by atoms with Crippen molar-refractivity contribution in [3.63, 3.8) is 0 Å². The molecule has 1 atom stereocenters. The number of aryl methyl sites for hydroxylation is 2. The molecule has 1 aromatic rings. The molecule has 0 saturated carbocycles. The predicted molar refractivity (Wildman–Crippen MR) is 77.4 cm³/mol. The lowest BCUT2D eigenvalue weighted by molar-refractivity contribution is -0.115. The van der Waals surface area contributed by atoms with Gasteiger partial charge in [0.15, 0.2) is 5.78 Å². The summed E-state index contributed by atoms with van der Waals surface area (Å²) in [6, 6.07) is 0. The van der Waals surface area contributed by atoms with E-state index in [0.29, 0.717) is 17.4 Å². The molecule has 0 N–H and O–H groups in total. The van der Waals surface area contributed by atoms with Crippen molar-refractivity contribution < 1.29 is 4.79 Å². The number of allylic oxidation sites excluding steroid dienone is 2. The van der Waals surface area contributed by atoms with E-state index in [-0.39, 0.29) is 5.78 Å². The summed E-state index contributed by atoms with van der Waals surface area (Å²) in [5, 5.41) is 5.01. The van der Waals surface area contributed by atoms with Gasteiger partial charge >= 0.3 is 0 Å². The SMILES string of the molecule is CCc1nn(C)c(CC(=O)C2=CCC(C)CC2)c1Cl. The fraction of sp³-hybridized carbons (Fsp3) is 0.600. The molecule has 1 aromatic heterocycles. The van der Waals surface area contributed by atoms with Crippen molar-refractivity contribution in [1.82, 2.24) is 9.78 Å². The van der Waals surface area contributed by atoms with E-state index in [0.717, 1.165) is 42.6 Å². The van der Waals surface area contributed by atoms with E-state index in [2.05, 4.69) is 18.1 Å². The number of halogens is 1. The highest BCUT2D eigenvalue weighted by Gasteiger charge is 2.20. The average Bonchev–Trinajstić information content (AvgIpc) is 2.67. The van der Waals surface area contributed by atoms with Crippen molar-refractivity contribution in [2.24, 2.45) is 13.0 Å². The Bertz CT molecular complexity index is 516. The second-order valence-electron chi connectivity index (χ2n) is 5.39. The molecule has 4 heteroatoms. The molecule has 1 heterocycles. The van der Waals surface area contributed by atoms with Gasteiger partial charge in [0.1, 0.15) is 0 Å². The van der Waals surface area contributed by atoms with Crippen molar-refractivity contribution in [1.29, 1.82) is 0 Å². The summed E-state index contributed by atoms with van der Waals surface area (Å²) in [4.78, 5) is 12.3. The lowest BCUT2D eigenvalue weighted by Crippen LogP contribution is -2.14. The number of hydrogen-bond acceptors (Lipinski definition) is 2. The van der Waals surface area contributed by atoms with Crippen LogP contribution in [0.2, 0.25) is 5.02 Å². The van der Waals surface area contributed by atoms with Crippen LogP contribution in [-0.2, 0) is 24.7 Å². The molecular weight excluding hydrogens is 260 g/mol. The van der Waals surface area contributed by atoms with Crippen molar-refractivity contribution in [3.05, 3.63) is 28.1 Å². The van der Waals surface area contributed by atoms with Crippen LogP contribution < -0.4 is 0 Å². The number of Topliss-reactive ketones (excluding diaryl/α,β-unsaturated/α-hetero) is 1. The fourth-order valence-electron chi connectivity index (χ4n) is 2.50. The molecule has 0 bridgehead atoms. The van der Waals surface area contributed by atoms with Gasteiger partial charge in [0, 0.05) is 7.05 Å². The van der Waals surface area contributed by atoms with Crippen molar-refractivity contribution >= 4 is 17.4 Å². The molecule has 19 heavy (non-hydrogen) atoms. The molecule has 0 aromatic carbocycles. The second-order valence-corrected chi connectivity index (χ2v) is 5.77. The minimum atomic E-state index is 0.194. The fourth-order valence-corrected chi connectivity index (χ4v) is 2.86. The number of ketones is 1. The smallest absolute Gasteiger partial charge is 0.164 e. The third kappa shape index (κ3) is 3.08. The lowest BCUT2D eigenvalue weighted by Gasteiger charge is -2.17. The summed E-state index contributed by atoms with van der Waals surface area (Å²) < 4.78 is 1.74. The van der Waals surface area contributed by atoms with Gasteiger partial charge in [-0.05, 0) is 37.2 Å². The first-order chi connectivity index (χ1) is 9.02. The number of carbonyl (C=O) groups is 1. The zero-order chi connectivity index (χ0) is 14.0. The molecule has 1 unspecified atom stereocenters. The van der Waals surface area contributed by atoms with Crippen LogP contribution in [0.15, 0.2) is 11.6 Å². The average molecular weight is 281 g/mol. The Kier molecular flexibility index (Phi) is 4.46. The molecule has 0 radical (unpaired) electrons. The highest BCUT2D eigenvalue weighted by Crippen LogP contribution is 2.26. The highest BCUT2D eigenvalue weighted by molar-refractivity contribution is 6.32. The zero-order valence-electron chi connectivity index (χ0n) is 11.9. The van der Waals surface area contributed by atoms with Gasteiger partial charge in [-0.15, -0.1) is 0 Å². The summed E-state index contributed by atoms with van der Waals surface area (Å²) in [5.41, 5.74) is 2.68. The van der Waals surface area contributed by atoms with Gasteiger partial charge in [-0.1, -0.05) is 31.5 Å². The first-order valence-electron chi connectivity index (χ1n) is 6.95. The lowest BCUT2D eigenvalue weighted by atomic mass is 9.88. The maximum absolute atomic E-state index is 12.3. The zero-order valence-corrected chi connectivity index (χ0v) is 12.6. The second kappa shape index (κ2) is 5.91. The van der Waals surface area contributed by atoms with Gasteiger partial charge in [0.05, 0.1) is 22.8 Å². The third-order valence-electron chi connectivity index (χ3n) is 3.86. The normalized spacial score (nSPS) is 19.4. The Morgan fingerprint density at radius 3 is 2.84 bits per heavy atom. The Hall–Kier alpha value is -1.09. The molecule has 3 nitrogen and oxygen atoms in total. The van der Waals surface area contributed by atoms with E-state index in [1.54, 1.807) is 4.68 Å². The number of nitrogens with zero attached hydrogens (tertiary/aromatic N) is 2. The Morgan fingerprint density at radius 1 is 1.58 bits per heavy atom. The highest BCUT2D eigenvalue weighted by atomic mass is 35.5. The van der Waals surface area contributed by atoms with Gasteiger partial charge in [-0.3, -0.25) is 9.48 Å². The maximum Gasteiger partial charge on any atom is 0.164 e. The molecule has 0 aliphatic heterocycles. The molecule has 0 spiro atoms. The molecule has 104 valence electrons. The summed E-state index contributed by atoms with van der Waals surface area (Å²) in [5.74, 6) is 0.892. The van der Waals surface area contributed by atoms with Crippen LogP contribution in [0.1, 0.15) is 44.5 Å². The van der Waals surface area contributed by atoms with Crippen LogP contribution in [0.4, 0.5) is 0 Å². The Balaban J connectivity index is 2.13. The first-order valence-corrected chi connectivity index (χ1v) is 7.33. The van der Waals surface area contributed by atoms with E-state index in [1.165, 1.54) is 0 Å². The molecule has 0 amide bonds. The number of carbonyl (C=O) groups excluding carboxylic acids is 1. The van der Waals surface area contributed by atoms with Crippen LogP contribution in [-0.4, -0.2) is 15.6 Å². The molecule has 0 saturated heterocycles. The molecule has 1 aliphatic carbocycles. The monoisotopic (exact) mass is 280 g/mol. The molecule has 0 fully saturated rings. The summed E-state index contributed by atoms with van der Waals surface area (Å²) >= 11 is 6.28. The van der Waals surface area contributed by atoms with E-state index in [4.69, 9.17) is 11.6 Å². The first kappa shape index (κ1) is 14.3. The summed E-state index contributed by atoms with van der Waals surface area (Å²) in [6.07, 6.45) is 6.28. The van der Waals surface area contributed by atoms with Gasteiger partial charge in [-0.2, -0.15) is 5.10 Å². The van der Waals surface area contributed by atoms with E-state index >= 15 is 0 Å². The van der Waals surface area contributed by atoms with Crippen LogP contribution in [0.3, 0.4) is 0 Å². The third-order valence-corrected chi connectivity index (χ3v) is 4.30. The maximum atomic E-state index is 12.3. The van der Waals surface area contributed by atoms with Crippen molar-refractivity contribution in [2.75, 3.05) is 0 Å². The quantitative estimate of drug-likeness (QED) is 0.846. The minimum absolute atomic E-state index is 0.194. The number of aromatic nitrogens is 2. The van der Waals surface area contributed by atoms with E-state index in [1.807, 2.05) is 14.0 Å². The van der Waals surface area contributed by atoms with Crippen molar-refractivity contribution in [2.45, 2.75) is 46.0 Å². The summed E-state index contributed by atoms with van der Waals surface area (Å²) in [7, 11) is 1.85. The van der Waals surface area contributed by atoms with Gasteiger partial charge in [0.25, 0.3) is 0 Å². The minimum Gasteiger partial charge on any atom is -0.294 e. The van der Waals surface area contributed by atoms with Gasteiger partial charge in [0.2, 0.25) is 0 Å². The van der Waals surface area contributed by atoms with Gasteiger partial charge in [-0.25, -0.2) is 0 Å². The largest absolute Gasteiger partial charge is 0.294 e. The Labute approximate surface area is 119 Å². The molecule has 1 aliphatic rings. The number of hydrogen-bond donors (Lipinski definition) is 0. The van der Waals surface area contributed by atoms with Crippen LogP contribution in [0, 0.1) is 5.92 Å². The molecular formula is C15H21ClN2O. The van der Waals surface area contributed by atoms with E-state index < -0.39 is 0 Å². The predicted octanol–water partition coefficient (Wildman–Crippen LogP) is 3.49. The van der Waals surface area contributed by atoms with Gasteiger partial charge < -0.3 is 0 Å². The van der Waals surface area contributed by atoms with Crippen LogP contribution in [0.25, 0.3) is 0 Å². The van der Waals surface area contributed by atoms with Crippen LogP contribution in [0.5, 0.6) is 0 Å².